The largest absolute Gasteiger partial charge is 0.484 e. The quantitative estimate of drug-likeness (QED) is 0.333. The highest BCUT2D eigenvalue weighted by Crippen LogP contribution is 2.24. The van der Waals surface area contributed by atoms with Crippen LogP contribution in [0.5, 0.6) is 5.75 Å². The number of piperidine rings is 1. The molecule has 3 aromatic rings. The van der Waals surface area contributed by atoms with Crippen LogP contribution in [0.2, 0.25) is 5.15 Å². The first kappa shape index (κ1) is 24.0. The molecule has 4 rings (SSSR count). The van der Waals surface area contributed by atoms with E-state index in [2.05, 4.69) is 18.8 Å². The Morgan fingerprint density at radius 2 is 1.76 bits per heavy atom. The molecule has 7 heteroatoms. The third-order valence-electron chi connectivity index (χ3n) is 6.29. The van der Waals surface area contributed by atoms with Crippen molar-refractivity contribution in [1.82, 2.24) is 9.88 Å². The number of amides is 1. The minimum atomic E-state index is -0.473. The van der Waals surface area contributed by atoms with Crippen LogP contribution in [-0.4, -0.2) is 40.5 Å². The zero-order valence-corrected chi connectivity index (χ0v) is 20.5. The summed E-state index contributed by atoms with van der Waals surface area (Å²) in [6.45, 7) is 6.15. The molecule has 0 N–H and O–H groups in total. The molecule has 2 unspecified atom stereocenters. The number of nitrogens with zero attached hydrogens (tertiary/aromatic N) is 2. The Balaban J connectivity index is 1.32. The van der Waals surface area contributed by atoms with Gasteiger partial charge in [0.2, 0.25) is 0 Å². The average molecular weight is 481 g/mol. The maximum absolute atomic E-state index is 12.6. The number of likely N-dealkylation sites (tertiary alicyclic amines) is 1. The molecule has 2 aromatic carbocycles. The minimum Gasteiger partial charge on any atom is -0.484 e. The average Bonchev–Trinajstić information content (AvgIpc) is 2.81. The van der Waals surface area contributed by atoms with Gasteiger partial charge in [-0.3, -0.25) is 4.79 Å². The lowest BCUT2D eigenvalue weighted by molar-refractivity contribution is -0.139. The number of hydrogen-bond donors (Lipinski definition) is 0. The molecule has 2 atom stereocenters. The first-order valence-electron chi connectivity index (χ1n) is 11.6. The van der Waals surface area contributed by atoms with Crippen LogP contribution in [0.1, 0.15) is 54.6 Å². The van der Waals surface area contributed by atoms with Crippen LogP contribution < -0.4 is 4.74 Å². The van der Waals surface area contributed by atoms with Crippen molar-refractivity contribution in [1.29, 1.82) is 0 Å². The summed E-state index contributed by atoms with van der Waals surface area (Å²) < 4.78 is 11.1. The Bertz CT molecular complexity index is 1190. The van der Waals surface area contributed by atoms with Crippen LogP contribution in [0.3, 0.4) is 0 Å². The molecule has 0 radical (unpaired) electrons. The highest BCUT2D eigenvalue weighted by atomic mass is 35.5. The lowest BCUT2D eigenvalue weighted by atomic mass is 9.97. The van der Waals surface area contributed by atoms with Gasteiger partial charge in [-0.2, -0.15) is 0 Å². The number of pyridine rings is 1. The van der Waals surface area contributed by atoms with Gasteiger partial charge in [-0.1, -0.05) is 23.7 Å². The van der Waals surface area contributed by atoms with E-state index in [0.717, 1.165) is 35.7 Å². The van der Waals surface area contributed by atoms with Gasteiger partial charge >= 0.3 is 5.97 Å². The predicted molar refractivity (Wildman–Crippen MR) is 132 cm³/mol. The van der Waals surface area contributed by atoms with Crippen molar-refractivity contribution in [3.8, 4) is 5.75 Å². The highest BCUT2D eigenvalue weighted by molar-refractivity contribution is 6.30. The molecule has 34 heavy (non-hydrogen) atoms. The molecular formula is C27H29ClN2O4. The Kier molecular flexibility index (Phi) is 7.37. The molecule has 1 amide bonds. The highest BCUT2D eigenvalue weighted by Gasteiger charge is 2.29. The molecule has 6 nitrogen and oxygen atoms in total. The molecule has 0 aliphatic carbocycles. The molecule has 1 saturated heterocycles. The lowest BCUT2D eigenvalue weighted by Crippen LogP contribution is -2.49. The Morgan fingerprint density at radius 1 is 1.06 bits per heavy atom. The van der Waals surface area contributed by atoms with E-state index in [0.29, 0.717) is 22.0 Å². The maximum Gasteiger partial charge on any atom is 0.338 e. The fraction of sp³-hybridized carbons (Fsp3) is 0.370. The molecule has 1 aliphatic rings. The van der Waals surface area contributed by atoms with Gasteiger partial charge in [0.15, 0.2) is 6.61 Å². The van der Waals surface area contributed by atoms with Crippen LogP contribution in [0.25, 0.3) is 10.9 Å². The van der Waals surface area contributed by atoms with Gasteiger partial charge in [0.25, 0.3) is 5.91 Å². The molecular weight excluding hydrogens is 452 g/mol. The summed E-state index contributed by atoms with van der Waals surface area (Å²) in [6, 6.07) is 14.8. The van der Waals surface area contributed by atoms with Crippen molar-refractivity contribution in [2.24, 2.45) is 0 Å². The number of rotatable bonds is 6. The predicted octanol–water partition coefficient (Wildman–Crippen LogP) is 5.72. The number of carbonyl (C=O) groups is 2. The summed E-state index contributed by atoms with van der Waals surface area (Å²) in [5.41, 5.74) is 2.93. The summed E-state index contributed by atoms with van der Waals surface area (Å²) >= 11 is 6.29. The molecule has 0 saturated carbocycles. The second kappa shape index (κ2) is 10.4. The normalized spacial score (nSPS) is 18.1. The number of benzene rings is 2. The summed E-state index contributed by atoms with van der Waals surface area (Å²) in [5, 5.41) is 1.25. The van der Waals surface area contributed by atoms with Crippen molar-refractivity contribution < 1.29 is 19.1 Å². The first-order chi connectivity index (χ1) is 16.3. The molecule has 0 spiro atoms. The second-order valence-electron chi connectivity index (χ2n) is 8.95. The first-order valence-corrected chi connectivity index (χ1v) is 12.0. The topological polar surface area (TPSA) is 68.7 Å². The van der Waals surface area contributed by atoms with Crippen LogP contribution in [0, 0.1) is 6.92 Å². The van der Waals surface area contributed by atoms with Crippen LogP contribution in [0.15, 0.2) is 48.5 Å². The number of aryl methyl sites for hydroxylation is 1. The summed E-state index contributed by atoms with van der Waals surface area (Å²) in [4.78, 5) is 31.5. The van der Waals surface area contributed by atoms with Crippen molar-refractivity contribution in [2.45, 2.75) is 58.7 Å². The molecule has 1 fully saturated rings. The Labute approximate surface area is 204 Å². The smallest absolute Gasteiger partial charge is 0.338 e. The van der Waals surface area contributed by atoms with E-state index in [1.807, 2.05) is 36.1 Å². The Hall–Kier alpha value is -3.12. The van der Waals surface area contributed by atoms with E-state index >= 15 is 0 Å². The third kappa shape index (κ3) is 5.50. The van der Waals surface area contributed by atoms with Crippen LogP contribution in [0.4, 0.5) is 0 Å². The van der Waals surface area contributed by atoms with Gasteiger partial charge in [0.1, 0.15) is 17.5 Å². The van der Waals surface area contributed by atoms with Gasteiger partial charge in [0.05, 0.1) is 11.1 Å². The fourth-order valence-corrected chi connectivity index (χ4v) is 4.65. The van der Waals surface area contributed by atoms with E-state index in [1.165, 1.54) is 0 Å². The second-order valence-corrected chi connectivity index (χ2v) is 9.31. The van der Waals surface area contributed by atoms with Crippen molar-refractivity contribution in [3.63, 3.8) is 0 Å². The van der Waals surface area contributed by atoms with E-state index in [-0.39, 0.29) is 31.2 Å². The number of halogens is 1. The number of aromatic nitrogens is 1. The number of hydrogen-bond acceptors (Lipinski definition) is 5. The molecule has 2 heterocycles. The van der Waals surface area contributed by atoms with Crippen molar-refractivity contribution in [3.05, 3.63) is 70.4 Å². The zero-order chi connectivity index (χ0) is 24.2. The summed E-state index contributed by atoms with van der Waals surface area (Å²) in [5.74, 6) is 0.0390. The minimum absolute atomic E-state index is 0.0146. The lowest BCUT2D eigenvalue weighted by Gasteiger charge is -2.38. The van der Waals surface area contributed by atoms with Gasteiger partial charge in [-0.25, -0.2) is 9.78 Å². The van der Waals surface area contributed by atoms with E-state index in [4.69, 9.17) is 21.1 Å². The van der Waals surface area contributed by atoms with E-state index in [9.17, 15) is 9.59 Å². The van der Waals surface area contributed by atoms with Gasteiger partial charge in [0, 0.05) is 23.0 Å². The molecule has 1 aliphatic heterocycles. The van der Waals surface area contributed by atoms with Crippen molar-refractivity contribution >= 4 is 34.4 Å². The van der Waals surface area contributed by atoms with E-state index in [1.54, 1.807) is 24.3 Å². The van der Waals surface area contributed by atoms with Gasteiger partial charge in [-0.15, -0.1) is 0 Å². The van der Waals surface area contributed by atoms with Crippen LogP contribution in [-0.2, 0) is 16.1 Å². The number of fused-ring (bicyclic) bond motifs is 1. The van der Waals surface area contributed by atoms with Gasteiger partial charge < -0.3 is 14.4 Å². The van der Waals surface area contributed by atoms with Crippen LogP contribution >= 0.6 is 11.6 Å². The van der Waals surface area contributed by atoms with Gasteiger partial charge in [-0.05, 0) is 82.0 Å². The standard InChI is InChI=1S/C27H29ClN2O4/c1-17-7-8-21-14-22(26(28)29-24(21)13-17)15-34-27(32)20-9-11-23(12-10-20)33-16-25(31)30-18(2)5-4-6-19(30)3/h7-14,18-19H,4-6,15-16H2,1-3H3. The summed E-state index contributed by atoms with van der Waals surface area (Å²) in [6.07, 6.45) is 3.19. The number of carbonyl (C=O) groups excluding carboxylic acids is 2. The zero-order valence-electron chi connectivity index (χ0n) is 19.7. The maximum atomic E-state index is 12.6. The SMILES string of the molecule is Cc1ccc2cc(COC(=O)c3ccc(OCC(=O)N4C(C)CCCC4C)cc3)c(Cl)nc2c1. The molecule has 0 bridgehead atoms. The monoisotopic (exact) mass is 480 g/mol. The summed E-state index contributed by atoms with van der Waals surface area (Å²) in [7, 11) is 0. The molecule has 1 aromatic heterocycles. The van der Waals surface area contributed by atoms with Crippen molar-refractivity contribution in [2.75, 3.05) is 6.61 Å². The van der Waals surface area contributed by atoms with E-state index < -0.39 is 5.97 Å². The third-order valence-corrected chi connectivity index (χ3v) is 6.62. The Morgan fingerprint density at radius 3 is 2.47 bits per heavy atom. The molecule has 178 valence electrons. The fourth-order valence-electron chi connectivity index (χ4n) is 4.44. The number of ether oxygens (including phenoxy) is 2. The number of esters is 1.